The zero-order valence-corrected chi connectivity index (χ0v) is 9.04. The van der Waals surface area contributed by atoms with Gasteiger partial charge in [-0.3, -0.25) is 0 Å². The highest BCUT2D eigenvalue weighted by molar-refractivity contribution is 7.22. The van der Waals surface area contributed by atoms with Crippen molar-refractivity contribution >= 4 is 26.8 Å². The third-order valence-electron chi connectivity index (χ3n) is 1.97. The average Bonchev–Trinajstić information content (AvgIpc) is 2.52. The van der Waals surface area contributed by atoms with Gasteiger partial charge >= 0.3 is 12.4 Å². The summed E-state index contributed by atoms with van der Waals surface area (Å²) in [6.45, 7) is 0. The fourth-order valence-electron chi connectivity index (χ4n) is 1.28. The van der Waals surface area contributed by atoms with Crippen LogP contribution in [0.4, 0.5) is 31.5 Å². The molecule has 0 saturated carbocycles. The maximum absolute atomic E-state index is 12.6. The standard InChI is InChI=1S/C8H3F6N3S/c9-7(10,11)2-1-3(8(12,13)14)16-5-4(2)18-6(15)17-5/h1H,(H2,15,16,17). The van der Waals surface area contributed by atoms with Crippen molar-refractivity contribution in [3.63, 3.8) is 0 Å². The van der Waals surface area contributed by atoms with Crippen molar-refractivity contribution in [3.8, 4) is 0 Å². The van der Waals surface area contributed by atoms with Crippen molar-refractivity contribution in [1.29, 1.82) is 0 Å². The van der Waals surface area contributed by atoms with Gasteiger partial charge in [0.1, 0.15) is 5.69 Å². The van der Waals surface area contributed by atoms with E-state index in [0.717, 1.165) is 0 Å². The van der Waals surface area contributed by atoms with E-state index in [-0.39, 0.29) is 11.2 Å². The lowest BCUT2D eigenvalue weighted by atomic mass is 10.2. The average molecular weight is 287 g/mol. The first-order chi connectivity index (χ1) is 8.09. The molecule has 0 radical (unpaired) electrons. The lowest BCUT2D eigenvalue weighted by Crippen LogP contribution is -2.13. The normalized spacial score (nSPS) is 13.2. The number of rotatable bonds is 0. The number of pyridine rings is 1. The number of alkyl halides is 6. The number of anilines is 1. The minimum absolute atomic E-state index is 0.0417. The molecule has 0 spiro atoms. The Labute approximate surface area is 99.3 Å². The number of hydrogen-bond acceptors (Lipinski definition) is 4. The first-order valence-corrected chi connectivity index (χ1v) is 5.12. The van der Waals surface area contributed by atoms with Crippen LogP contribution in [0.25, 0.3) is 10.3 Å². The molecule has 18 heavy (non-hydrogen) atoms. The van der Waals surface area contributed by atoms with Gasteiger partial charge in [0.2, 0.25) is 0 Å². The molecular formula is C8H3F6N3S. The largest absolute Gasteiger partial charge is 0.433 e. The van der Waals surface area contributed by atoms with E-state index in [1.165, 1.54) is 0 Å². The zero-order valence-electron chi connectivity index (χ0n) is 8.23. The highest BCUT2D eigenvalue weighted by Crippen LogP contribution is 2.40. The molecule has 2 aromatic heterocycles. The molecule has 0 aliphatic rings. The van der Waals surface area contributed by atoms with E-state index < -0.39 is 34.0 Å². The topological polar surface area (TPSA) is 51.8 Å². The number of nitrogen functional groups attached to an aromatic ring is 1. The molecule has 3 nitrogen and oxygen atoms in total. The van der Waals surface area contributed by atoms with Crippen LogP contribution in [-0.4, -0.2) is 9.97 Å². The van der Waals surface area contributed by atoms with Gasteiger partial charge in [0.25, 0.3) is 0 Å². The number of fused-ring (bicyclic) bond motifs is 1. The van der Waals surface area contributed by atoms with Crippen LogP contribution in [0.1, 0.15) is 11.3 Å². The number of nitrogens with zero attached hydrogens (tertiary/aromatic N) is 2. The fourth-order valence-corrected chi connectivity index (χ4v) is 2.09. The van der Waals surface area contributed by atoms with Crippen LogP contribution in [-0.2, 0) is 12.4 Å². The van der Waals surface area contributed by atoms with Crippen LogP contribution in [0.15, 0.2) is 6.07 Å². The van der Waals surface area contributed by atoms with Gasteiger partial charge in [-0.05, 0) is 6.07 Å². The molecule has 0 amide bonds. The number of hydrogen-bond donors (Lipinski definition) is 1. The Hall–Kier alpha value is -1.58. The summed E-state index contributed by atoms with van der Waals surface area (Å²) < 4.78 is 74.6. The molecule has 0 aliphatic carbocycles. The Morgan fingerprint density at radius 2 is 1.61 bits per heavy atom. The van der Waals surface area contributed by atoms with Gasteiger partial charge in [-0.2, -0.15) is 26.3 Å². The quantitative estimate of drug-likeness (QED) is 0.756. The van der Waals surface area contributed by atoms with Gasteiger partial charge in [0.15, 0.2) is 10.8 Å². The molecule has 0 unspecified atom stereocenters. The highest BCUT2D eigenvalue weighted by atomic mass is 32.1. The zero-order chi connectivity index (χ0) is 13.7. The molecule has 10 heteroatoms. The molecule has 0 bridgehead atoms. The summed E-state index contributed by atoms with van der Waals surface area (Å²) in [7, 11) is 0. The van der Waals surface area contributed by atoms with E-state index in [9.17, 15) is 26.3 Å². The fraction of sp³-hybridized carbons (Fsp3) is 0.250. The first-order valence-electron chi connectivity index (χ1n) is 4.30. The SMILES string of the molecule is Nc1nc2nc(C(F)(F)F)cc(C(F)(F)F)c2s1. The minimum atomic E-state index is -4.98. The molecular weight excluding hydrogens is 284 g/mol. The van der Waals surface area contributed by atoms with Gasteiger partial charge in [-0.1, -0.05) is 11.3 Å². The van der Waals surface area contributed by atoms with Crippen molar-refractivity contribution in [1.82, 2.24) is 9.97 Å². The van der Waals surface area contributed by atoms with Crippen LogP contribution >= 0.6 is 11.3 Å². The summed E-state index contributed by atoms with van der Waals surface area (Å²) in [5, 5.41) is -0.276. The van der Waals surface area contributed by atoms with Crippen LogP contribution in [0, 0.1) is 0 Å². The number of nitrogens with two attached hydrogens (primary N) is 1. The van der Waals surface area contributed by atoms with Crippen LogP contribution < -0.4 is 5.73 Å². The van der Waals surface area contributed by atoms with Gasteiger partial charge in [0.05, 0.1) is 10.3 Å². The molecule has 0 fully saturated rings. The monoisotopic (exact) mass is 287 g/mol. The predicted molar refractivity (Wildman–Crippen MR) is 51.8 cm³/mol. The lowest BCUT2D eigenvalue weighted by Gasteiger charge is -2.10. The molecule has 98 valence electrons. The van der Waals surface area contributed by atoms with Gasteiger partial charge in [-0.25, -0.2) is 9.97 Å². The van der Waals surface area contributed by atoms with Gasteiger partial charge in [0, 0.05) is 0 Å². The van der Waals surface area contributed by atoms with Crippen LogP contribution in [0.3, 0.4) is 0 Å². The Bertz CT molecular complexity index is 599. The summed E-state index contributed by atoms with van der Waals surface area (Å²) in [6, 6.07) is -0.0417. The molecule has 2 aromatic rings. The predicted octanol–water partition coefficient (Wildman–Crippen LogP) is 3.31. The third kappa shape index (κ3) is 2.19. The highest BCUT2D eigenvalue weighted by Gasteiger charge is 2.40. The minimum Gasteiger partial charge on any atom is -0.375 e. The molecule has 0 saturated heterocycles. The molecule has 2 heterocycles. The Morgan fingerprint density at radius 1 is 1.00 bits per heavy atom. The van der Waals surface area contributed by atoms with E-state index in [4.69, 9.17) is 5.73 Å². The van der Waals surface area contributed by atoms with Crippen molar-refractivity contribution in [2.45, 2.75) is 12.4 Å². The van der Waals surface area contributed by atoms with Crippen LogP contribution in [0.2, 0.25) is 0 Å². The molecule has 2 N–H and O–H groups in total. The maximum Gasteiger partial charge on any atom is 0.433 e. The second kappa shape index (κ2) is 3.70. The number of thiazole rings is 1. The lowest BCUT2D eigenvalue weighted by molar-refractivity contribution is -0.144. The Kier molecular flexibility index (Phi) is 2.65. The first kappa shape index (κ1) is 12.9. The number of halogens is 6. The maximum atomic E-state index is 12.6. The van der Waals surface area contributed by atoms with Crippen molar-refractivity contribution in [2.24, 2.45) is 0 Å². The van der Waals surface area contributed by atoms with Gasteiger partial charge < -0.3 is 5.73 Å². The van der Waals surface area contributed by atoms with E-state index in [1.807, 2.05) is 0 Å². The van der Waals surface area contributed by atoms with E-state index in [2.05, 4.69) is 9.97 Å². The summed E-state index contributed by atoms with van der Waals surface area (Å²) in [6.07, 6.45) is -9.91. The Balaban J connectivity index is 2.81. The van der Waals surface area contributed by atoms with E-state index in [0.29, 0.717) is 11.3 Å². The smallest absolute Gasteiger partial charge is 0.375 e. The summed E-state index contributed by atoms with van der Waals surface area (Å²) in [4.78, 5) is 6.38. The second-order valence-corrected chi connectivity index (χ2v) is 4.29. The van der Waals surface area contributed by atoms with Gasteiger partial charge in [-0.15, -0.1) is 0 Å². The van der Waals surface area contributed by atoms with Crippen molar-refractivity contribution in [3.05, 3.63) is 17.3 Å². The van der Waals surface area contributed by atoms with Crippen LogP contribution in [0.5, 0.6) is 0 Å². The van der Waals surface area contributed by atoms with Crippen molar-refractivity contribution < 1.29 is 26.3 Å². The third-order valence-corrected chi connectivity index (χ3v) is 2.88. The summed E-state index contributed by atoms with van der Waals surface area (Å²) in [5.74, 6) is 0. The second-order valence-electron chi connectivity index (χ2n) is 3.26. The molecule has 0 aliphatic heterocycles. The van der Waals surface area contributed by atoms with E-state index >= 15 is 0 Å². The summed E-state index contributed by atoms with van der Waals surface area (Å²) in [5.41, 5.74) is 1.45. The molecule has 0 aromatic carbocycles. The molecule has 2 rings (SSSR count). The number of aromatic nitrogens is 2. The Morgan fingerprint density at radius 3 is 2.11 bits per heavy atom. The van der Waals surface area contributed by atoms with Crippen molar-refractivity contribution in [2.75, 3.05) is 5.73 Å². The van der Waals surface area contributed by atoms with E-state index in [1.54, 1.807) is 0 Å². The molecule has 0 atom stereocenters. The summed E-state index contributed by atoms with van der Waals surface area (Å²) >= 11 is 0.442.